The van der Waals surface area contributed by atoms with Crippen LogP contribution in [0, 0.1) is 5.21 Å². The van der Waals surface area contributed by atoms with Crippen molar-refractivity contribution < 1.29 is 4.73 Å². The summed E-state index contributed by atoms with van der Waals surface area (Å²) >= 11 is 6.99. The molecule has 0 N–H and O–H groups in total. The maximum Gasteiger partial charge on any atom is 0.297 e. The fraction of sp³-hybridized carbons (Fsp3) is 0. The molecule has 0 saturated heterocycles. The molecule has 0 saturated carbocycles. The molecule has 2 aromatic rings. The molecule has 0 aliphatic carbocycles. The van der Waals surface area contributed by atoms with Crippen molar-refractivity contribution in [3.63, 3.8) is 0 Å². The van der Waals surface area contributed by atoms with Gasteiger partial charge in [-0.25, -0.2) is 0 Å². The third-order valence-corrected chi connectivity index (χ3v) is 3.02. The first-order valence-corrected chi connectivity index (χ1v) is 4.97. The van der Waals surface area contributed by atoms with Crippen molar-refractivity contribution >= 4 is 22.9 Å². The van der Waals surface area contributed by atoms with Gasteiger partial charge in [-0.3, -0.25) is 0 Å². The first-order valence-electron chi connectivity index (χ1n) is 3.71. The van der Waals surface area contributed by atoms with Crippen LogP contribution >= 0.6 is 22.9 Å². The average Bonchev–Trinajstić information content (AvgIpc) is 2.49. The Kier molecular flexibility index (Phi) is 2.20. The standard InChI is InChI=1S/C9H6ClNOS/c10-8-6-13-9(11(8)12)7-4-2-1-3-5-7/h1-6H. The van der Waals surface area contributed by atoms with Gasteiger partial charge in [0.2, 0.25) is 0 Å². The molecular formula is C9H6ClNOS. The van der Waals surface area contributed by atoms with Crippen molar-refractivity contribution in [1.29, 1.82) is 0 Å². The van der Waals surface area contributed by atoms with E-state index in [1.54, 1.807) is 5.38 Å². The first kappa shape index (κ1) is 8.53. The van der Waals surface area contributed by atoms with Crippen LogP contribution in [0.5, 0.6) is 0 Å². The number of halogens is 1. The van der Waals surface area contributed by atoms with Crippen LogP contribution in [-0.2, 0) is 0 Å². The number of aromatic nitrogens is 1. The Morgan fingerprint density at radius 3 is 2.46 bits per heavy atom. The predicted octanol–water partition coefficient (Wildman–Crippen LogP) is 2.70. The van der Waals surface area contributed by atoms with E-state index in [9.17, 15) is 5.21 Å². The van der Waals surface area contributed by atoms with Gasteiger partial charge in [0.25, 0.3) is 10.2 Å². The quantitative estimate of drug-likeness (QED) is 0.526. The van der Waals surface area contributed by atoms with Crippen LogP contribution in [0.3, 0.4) is 0 Å². The molecule has 0 unspecified atom stereocenters. The molecule has 0 radical (unpaired) electrons. The van der Waals surface area contributed by atoms with Crippen molar-refractivity contribution in [2.24, 2.45) is 0 Å². The van der Waals surface area contributed by atoms with E-state index in [2.05, 4.69) is 0 Å². The van der Waals surface area contributed by atoms with Crippen LogP contribution in [-0.4, -0.2) is 0 Å². The van der Waals surface area contributed by atoms with Crippen molar-refractivity contribution in [3.05, 3.63) is 46.1 Å². The van der Waals surface area contributed by atoms with Gasteiger partial charge < -0.3 is 5.21 Å². The summed E-state index contributed by atoms with van der Waals surface area (Å²) in [5.74, 6) is 0. The number of hydrogen-bond donors (Lipinski definition) is 0. The van der Waals surface area contributed by atoms with Gasteiger partial charge in [-0.05, 0) is 23.7 Å². The van der Waals surface area contributed by atoms with Gasteiger partial charge in [-0.2, -0.15) is 0 Å². The van der Waals surface area contributed by atoms with Crippen molar-refractivity contribution in [2.75, 3.05) is 0 Å². The van der Waals surface area contributed by atoms with Gasteiger partial charge >= 0.3 is 0 Å². The number of benzene rings is 1. The van der Waals surface area contributed by atoms with Gasteiger partial charge in [0.05, 0.1) is 10.9 Å². The molecule has 0 atom stereocenters. The molecular weight excluding hydrogens is 206 g/mol. The third kappa shape index (κ3) is 1.53. The molecule has 1 heterocycles. The predicted molar refractivity (Wildman–Crippen MR) is 53.7 cm³/mol. The van der Waals surface area contributed by atoms with E-state index in [1.165, 1.54) is 11.3 Å². The monoisotopic (exact) mass is 211 g/mol. The lowest BCUT2D eigenvalue weighted by atomic mass is 10.2. The van der Waals surface area contributed by atoms with Crippen molar-refractivity contribution in [2.45, 2.75) is 0 Å². The van der Waals surface area contributed by atoms with E-state index in [-0.39, 0.29) is 5.15 Å². The lowest BCUT2D eigenvalue weighted by Gasteiger charge is -1.97. The summed E-state index contributed by atoms with van der Waals surface area (Å²) < 4.78 is 0.738. The molecule has 1 aromatic carbocycles. The Bertz CT molecular complexity index is 413. The first-order chi connectivity index (χ1) is 6.29. The van der Waals surface area contributed by atoms with E-state index in [1.807, 2.05) is 30.3 Å². The summed E-state index contributed by atoms with van der Waals surface area (Å²) in [6.45, 7) is 0. The van der Waals surface area contributed by atoms with E-state index >= 15 is 0 Å². The summed E-state index contributed by atoms with van der Waals surface area (Å²) in [7, 11) is 0. The highest BCUT2D eigenvalue weighted by Gasteiger charge is 2.14. The van der Waals surface area contributed by atoms with Crippen LogP contribution in [0.2, 0.25) is 5.15 Å². The zero-order chi connectivity index (χ0) is 9.26. The van der Waals surface area contributed by atoms with Crippen molar-refractivity contribution in [1.82, 2.24) is 0 Å². The van der Waals surface area contributed by atoms with Gasteiger partial charge in [0, 0.05) is 0 Å². The zero-order valence-corrected chi connectivity index (χ0v) is 8.18. The van der Waals surface area contributed by atoms with Crippen LogP contribution in [0.15, 0.2) is 35.7 Å². The molecule has 13 heavy (non-hydrogen) atoms. The number of thiazole rings is 1. The van der Waals surface area contributed by atoms with Gasteiger partial charge in [-0.1, -0.05) is 29.5 Å². The van der Waals surface area contributed by atoms with Crippen molar-refractivity contribution in [3.8, 4) is 10.6 Å². The van der Waals surface area contributed by atoms with Crippen LogP contribution in [0.1, 0.15) is 0 Å². The highest BCUT2D eigenvalue weighted by molar-refractivity contribution is 7.13. The number of hydrogen-bond acceptors (Lipinski definition) is 2. The smallest absolute Gasteiger partial charge is 0.297 e. The summed E-state index contributed by atoms with van der Waals surface area (Å²) in [6, 6.07) is 9.47. The SMILES string of the molecule is [O-][n+]1c(Cl)csc1-c1ccccc1. The molecule has 0 spiro atoms. The minimum absolute atomic E-state index is 0.226. The minimum Gasteiger partial charge on any atom is -0.617 e. The summed E-state index contributed by atoms with van der Waals surface area (Å²) in [5.41, 5.74) is 0.898. The minimum atomic E-state index is 0.226. The van der Waals surface area contributed by atoms with Crippen LogP contribution in [0.25, 0.3) is 10.6 Å². The van der Waals surface area contributed by atoms with Gasteiger partial charge in [-0.15, -0.1) is 4.73 Å². The van der Waals surface area contributed by atoms with E-state index in [0.29, 0.717) is 5.01 Å². The zero-order valence-electron chi connectivity index (χ0n) is 6.61. The maximum atomic E-state index is 11.4. The topological polar surface area (TPSA) is 26.9 Å². The molecule has 0 aliphatic heterocycles. The number of nitrogens with zero attached hydrogens (tertiary/aromatic N) is 1. The maximum absolute atomic E-state index is 11.4. The Morgan fingerprint density at radius 2 is 1.92 bits per heavy atom. The third-order valence-electron chi connectivity index (χ3n) is 1.67. The summed E-state index contributed by atoms with van der Waals surface area (Å²) in [5, 5.41) is 13.9. The summed E-state index contributed by atoms with van der Waals surface area (Å²) in [4.78, 5) is 0. The molecule has 2 rings (SSSR count). The second kappa shape index (κ2) is 3.36. The highest BCUT2D eigenvalue weighted by atomic mass is 35.5. The molecule has 1 aromatic heterocycles. The average molecular weight is 212 g/mol. The Labute approximate surface area is 84.6 Å². The highest BCUT2D eigenvalue weighted by Crippen LogP contribution is 2.22. The van der Waals surface area contributed by atoms with Gasteiger partial charge in [0.15, 0.2) is 0 Å². The lowest BCUT2D eigenvalue weighted by Crippen LogP contribution is -2.26. The Hall–Kier alpha value is -1.06. The second-order valence-electron chi connectivity index (χ2n) is 2.52. The lowest BCUT2D eigenvalue weighted by molar-refractivity contribution is -0.586. The molecule has 0 aliphatic rings. The Balaban J connectivity index is 2.53. The summed E-state index contributed by atoms with van der Waals surface area (Å²) in [6.07, 6.45) is 0. The van der Waals surface area contributed by atoms with Crippen LogP contribution in [0.4, 0.5) is 0 Å². The number of rotatable bonds is 1. The normalized spacial score (nSPS) is 10.2. The fourth-order valence-corrected chi connectivity index (χ4v) is 2.10. The van der Waals surface area contributed by atoms with E-state index < -0.39 is 0 Å². The molecule has 66 valence electrons. The molecule has 4 heteroatoms. The van der Waals surface area contributed by atoms with E-state index in [0.717, 1.165) is 10.3 Å². The van der Waals surface area contributed by atoms with Crippen LogP contribution < -0.4 is 4.73 Å². The van der Waals surface area contributed by atoms with E-state index in [4.69, 9.17) is 11.6 Å². The molecule has 0 bridgehead atoms. The molecule has 0 amide bonds. The largest absolute Gasteiger partial charge is 0.617 e. The molecule has 2 nitrogen and oxygen atoms in total. The van der Waals surface area contributed by atoms with Gasteiger partial charge in [0.1, 0.15) is 0 Å². The second-order valence-corrected chi connectivity index (χ2v) is 3.77. The molecule has 0 fully saturated rings. The Morgan fingerprint density at radius 1 is 1.23 bits per heavy atom. The fourth-order valence-electron chi connectivity index (χ4n) is 1.06.